The van der Waals surface area contributed by atoms with E-state index in [1.54, 1.807) is 19.9 Å². The second kappa shape index (κ2) is 12.8. The molecule has 1 aromatic carbocycles. The Bertz CT molecular complexity index is 1260. The molecule has 0 radical (unpaired) electrons. The summed E-state index contributed by atoms with van der Waals surface area (Å²) in [5.74, 6) is -0.0760. The van der Waals surface area contributed by atoms with Gasteiger partial charge in [-0.3, -0.25) is 0 Å². The molecule has 17 heteroatoms. The third-order valence-corrected chi connectivity index (χ3v) is 8.03. The zero-order valence-corrected chi connectivity index (χ0v) is 22.9. The molecule has 0 saturated carbocycles. The minimum absolute atomic E-state index is 0.0760. The Morgan fingerprint density at radius 2 is 1.44 bits per heavy atom. The van der Waals surface area contributed by atoms with Crippen molar-refractivity contribution in [2.24, 2.45) is 0 Å². The van der Waals surface area contributed by atoms with Crippen molar-refractivity contribution in [3.8, 4) is 0 Å². The van der Waals surface area contributed by atoms with E-state index in [4.69, 9.17) is 14.2 Å². The Labute approximate surface area is 235 Å². The Kier molecular flexibility index (Phi) is 9.77. The van der Waals surface area contributed by atoms with Gasteiger partial charge in [-0.2, -0.15) is 0 Å². The lowest BCUT2D eigenvalue weighted by Crippen LogP contribution is -2.65. The fourth-order valence-corrected chi connectivity index (χ4v) is 5.50. The first-order valence-electron chi connectivity index (χ1n) is 12.6. The first-order valence-corrected chi connectivity index (χ1v) is 14.1. The minimum Gasteiger partial charge on any atom is -0.394 e. The second-order valence-electron chi connectivity index (χ2n) is 9.81. The summed E-state index contributed by atoms with van der Waals surface area (Å²) < 4.78 is 44.4. The van der Waals surface area contributed by atoms with Gasteiger partial charge in [0.05, 0.1) is 18.1 Å². The summed E-state index contributed by atoms with van der Waals surface area (Å²) in [4.78, 5) is 8.03. The maximum absolute atomic E-state index is 12.8. The number of hydrogen-bond donors (Lipinski definition) is 9. The first-order chi connectivity index (χ1) is 19.3. The van der Waals surface area contributed by atoms with Gasteiger partial charge in [0, 0.05) is 17.1 Å². The van der Waals surface area contributed by atoms with Gasteiger partial charge in [-0.1, -0.05) is 0 Å². The molecule has 41 heavy (non-hydrogen) atoms. The van der Waals surface area contributed by atoms with Crippen molar-refractivity contribution < 1.29 is 58.4 Å². The van der Waals surface area contributed by atoms with Crippen LogP contribution < -0.4 is 10.0 Å². The standard InChI is InChI=1S/C24H34N4O12S/c1-10-7-11(2)26-24(25-10)28-41(36,37)13-5-3-12(4-6-13)27-22-19(34)18(33)21(15(9-30)38-22)40-23-20(35)17(32)16(31)14(8-29)39-23/h3-7,14-23,27,29-35H,8-9H2,1-2H3,(H,25,26,28)/t14-,15-,16-,17+,18-,19-,20-,21-,22-,23-/m1/s1. The maximum atomic E-state index is 12.8. The molecule has 2 aromatic rings. The molecular formula is C24H34N4O12S. The normalized spacial score (nSPS) is 34.3. The van der Waals surface area contributed by atoms with Gasteiger partial charge in [0.2, 0.25) is 5.95 Å². The Hall–Kier alpha value is -2.55. The van der Waals surface area contributed by atoms with E-state index in [-0.39, 0.29) is 10.8 Å². The van der Waals surface area contributed by atoms with E-state index in [0.29, 0.717) is 17.1 Å². The number of anilines is 2. The highest BCUT2D eigenvalue weighted by atomic mass is 32.2. The van der Waals surface area contributed by atoms with E-state index in [1.165, 1.54) is 24.3 Å². The number of ether oxygens (including phenoxy) is 3. The molecule has 16 nitrogen and oxygen atoms in total. The number of hydrogen-bond acceptors (Lipinski definition) is 15. The number of benzene rings is 1. The summed E-state index contributed by atoms with van der Waals surface area (Å²) in [7, 11) is -4.02. The number of aliphatic hydroxyl groups excluding tert-OH is 7. The topological polar surface area (TPSA) is 253 Å². The van der Waals surface area contributed by atoms with Gasteiger partial charge in [0.1, 0.15) is 48.8 Å². The molecule has 0 spiro atoms. The first kappa shape index (κ1) is 31.4. The van der Waals surface area contributed by atoms with Crippen LogP contribution in [0.3, 0.4) is 0 Å². The van der Waals surface area contributed by atoms with Crippen molar-refractivity contribution in [1.29, 1.82) is 0 Å². The van der Waals surface area contributed by atoms with Crippen LogP contribution in [0, 0.1) is 13.8 Å². The number of sulfonamides is 1. The lowest BCUT2D eigenvalue weighted by Gasteiger charge is -2.46. The molecule has 2 aliphatic heterocycles. The largest absolute Gasteiger partial charge is 0.394 e. The third-order valence-electron chi connectivity index (χ3n) is 6.69. The van der Waals surface area contributed by atoms with E-state index in [2.05, 4.69) is 20.0 Å². The van der Waals surface area contributed by atoms with E-state index in [9.17, 15) is 44.2 Å². The highest BCUT2D eigenvalue weighted by Gasteiger charge is 2.50. The average molecular weight is 603 g/mol. The van der Waals surface area contributed by atoms with Gasteiger partial charge < -0.3 is 55.3 Å². The quantitative estimate of drug-likeness (QED) is 0.138. The van der Waals surface area contributed by atoms with E-state index < -0.39 is 84.6 Å². The van der Waals surface area contributed by atoms with Crippen LogP contribution in [0.5, 0.6) is 0 Å². The molecule has 228 valence electrons. The van der Waals surface area contributed by atoms with Gasteiger partial charge in [0.15, 0.2) is 12.5 Å². The summed E-state index contributed by atoms with van der Waals surface area (Å²) in [5, 5.41) is 73.7. The van der Waals surface area contributed by atoms with E-state index in [0.717, 1.165) is 0 Å². The van der Waals surface area contributed by atoms with Crippen molar-refractivity contribution in [2.45, 2.75) is 80.1 Å². The zero-order chi connectivity index (χ0) is 30.1. The monoisotopic (exact) mass is 602 g/mol. The molecule has 2 saturated heterocycles. The molecule has 4 rings (SSSR count). The highest BCUT2D eigenvalue weighted by molar-refractivity contribution is 7.92. The van der Waals surface area contributed by atoms with Crippen molar-refractivity contribution in [1.82, 2.24) is 9.97 Å². The van der Waals surface area contributed by atoms with Crippen LogP contribution in [0.25, 0.3) is 0 Å². The summed E-state index contributed by atoms with van der Waals surface area (Å²) >= 11 is 0. The summed E-state index contributed by atoms with van der Waals surface area (Å²) in [6.07, 6.45) is -15.4. The number of aromatic nitrogens is 2. The Morgan fingerprint density at radius 3 is 2.02 bits per heavy atom. The molecule has 2 aliphatic rings. The molecule has 0 aliphatic carbocycles. The minimum atomic E-state index is -4.02. The third kappa shape index (κ3) is 6.92. The van der Waals surface area contributed by atoms with Gasteiger partial charge in [0.25, 0.3) is 10.0 Å². The van der Waals surface area contributed by atoms with E-state index in [1.807, 2.05) is 0 Å². The number of aliphatic hydroxyl groups is 7. The SMILES string of the molecule is Cc1cc(C)nc(NS(=O)(=O)c2ccc(N[C@@H]3O[C@H](CO)[C@@H](O[C@H]4O[C@H](CO)[C@@H](O)[C@H](O)[C@H]4O)[C@H](O)[C@H]3O)cc2)n1. The number of rotatable bonds is 9. The van der Waals surface area contributed by atoms with E-state index >= 15 is 0 Å². The molecule has 2 fully saturated rings. The molecule has 0 bridgehead atoms. The Balaban J connectivity index is 1.42. The van der Waals surface area contributed by atoms with Crippen LogP contribution in [-0.4, -0.2) is 129 Å². The van der Waals surface area contributed by atoms with Gasteiger partial charge in [-0.25, -0.2) is 23.1 Å². The van der Waals surface area contributed by atoms with Gasteiger partial charge in [-0.05, 0) is 44.2 Å². The lowest BCUT2D eigenvalue weighted by molar-refractivity contribution is -0.340. The second-order valence-corrected chi connectivity index (χ2v) is 11.5. The summed E-state index contributed by atoms with van der Waals surface area (Å²) in [6.45, 7) is 2.00. The average Bonchev–Trinajstić information content (AvgIpc) is 2.92. The van der Waals surface area contributed by atoms with Crippen LogP contribution in [0.2, 0.25) is 0 Å². The predicted octanol–water partition coefficient (Wildman–Crippen LogP) is -3.07. The van der Waals surface area contributed by atoms with Gasteiger partial charge in [-0.15, -0.1) is 0 Å². The predicted molar refractivity (Wildman–Crippen MR) is 139 cm³/mol. The number of aryl methyl sites for hydroxylation is 2. The molecule has 1 aromatic heterocycles. The van der Waals surface area contributed by atoms with Crippen molar-refractivity contribution in [3.63, 3.8) is 0 Å². The van der Waals surface area contributed by atoms with Crippen LogP contribution in [-0.2, 0) is 24.2 Å². The zero-order valence-electron chi connectivity index (χ0n) is 22.0. The molecule has 0 unspecified atom stereocenters. The molecule has 10 atom stereocenters. The lowest BCUT2D eigenvalue weighted by atomic mass is 9.96. The van der Waals surface area contributed by atoms with Crippen molar-refractivity contribution in [2.75, 3.05) is 23.3 Å². The van der Waals surface area contributed by atoms with Crippen molar-refractivity contribution >= 4 is 21.7 Å². The van der Waals surface area contributed by atoms with Crippen LogP contribution in [0.4, 0.5) is 11.6 Å². The van der Waals surface area contributed by atoms with Crippen LogP contribution >= 0.6 is 0 Å². The Morgan fingerprint density at radius 1 is 0.829 bits per heavy atom. The fourth-order valence-electron chi connectivity index (χ4n) is 4.55. The molecule has 9 N–H and O–H groups in total. The molecule has 3 heterocycles. The van der Waals surface area contributed by atoms with Crippen LogP contribution in [0.15, 0.2) is 35.2 Å². The number of nitrogens with zero attached hydrogens (tertiary/aromatic N) is 2. The highest BCUT2D eigenvalue weighted by Crippen LogP contribution is 2.30. The summed E-state index contributed by atoms with van der Waals surface area (Å²) in [6, 6.07) is 7.05. The number of nitrogens with one attached hydrogen (secondary N) is 2. The molecular weight excluding hydrogens is 568 g/mol. The summed E-state index contributed by atoms with van der Waals surface area (Å²) in [5.41, 5.74) is 1.47. The molecule has 0 amide bonds. The van der Waals surface area contributed by atoms with Crippen LogP contribution in [0.1, 0.15) is 11.4 Å². The van der Waals surface area contributed by atoms with Gasteiger partial charge >= 0.3 is 0 Å². The smallest absolute Gasteiger partial charge is 0.264 e. The fraction of sp³-hybridized carbons (Fsp3) is 0.583. The maximum Gasteiger partial charge on any atom is 0.264 e. The van der Waals surface area contributed by atoms with Crippen molar-refractivity contribution in [3.05, 3.63) is 41.7 Å².